The van der Waals surface area contributed by atoms with E-state index in [2.05, 4.69) is 20.6 Å². The van der Waals surface area contributed by atoms with Crippen molar-refractivity contribution >= 4 is 34.6 Å². The van der Waals surface area contributed by atoms with E-state index in [-0.39, 0.29) is 11.8 Å². The van der Waals surface area contributed by atoms with Crippen LogP contribution in [-0.2, 0) is 11.3 Å². The first kappa shape index (κ1) is 17.8. The summed E-state index contributed by atoms with van der Waals surface area (Å²) in [6.07, 6.45) is 3.63. The number of benzene rings is 1. The first-order valence-electron chi connectivity index (χ1n) is 9.04. The van der Waals surface area contributed by atoms with E-state index in [1.807, 2.05) is 24.1 Å². The predicted molar refractivity (Wildman–Crippen MR) is 102 cm³/mol. The molecule has 142 valence electrons. The second-order valence-electron chi connectivity index (χ2n) is 6.81. The van der Waals surface area contributed by atoms with Gasteiger partial charge in [0, 0.05) is 30.9 Å². The molecular weight excluding hydrogens is 368 g/mol. The molecule has 1 aromatic carbocycles. The molecule has 1 aliphatic rings. The molecular formula is C18H21ClN6O2. The number of amides is 1. The molecule has 1 atom stereocenters. The Morgan fingerprint density at radius 2 is 2.33 bits per heavy atom. The maximum absolute atomic E-state index is 12.5. The average molecular weight is 389 g/mol. The minimum absolute atomic E-state index is 0.0516. The normalized spacial score (nSPS) is 17.4. The maximum Gasteiger partial charge on any atom is 0.298 e. The second kappa shape index (κ2) is 7.56. The van der Waals surface area contributed by atoms with Crippen LogP contribution >= 0.6 is 11.6 Å². The van der Waals surface area contributed by atoms with E-state index in [0.29, 0.717) is 36.3 Å². The molecule has 8 nitrogen and oxygen atoms in total. The summed E-state index contributed by atoms with van der Waals surface area (Å²) in [6, 6.07) is 5.92. The zero-order valence-electron chi connectivity index (χ0n) is 15.1. The van der Waals surface area contributed by atoms with Crippen molar-refractivity contribution < 1.29 is 9.21 Å². The number of nitrogens with zero attached hydrogens (tertiary/aromatic N) is 5. The number of anilines is 1. The minimum Gasteiger partial charge on any atom is -0.423 e. The van der Waals surface area contributed by atoms with Gasteiger partial charge in [-0.25, -0.2) is 0 Å². The van der Waals surface area contributed by atoms with Crippen LogP contribution in [0.15, 0.2) is 28.8 Å². The summed E-state index contributed by atoms with van der Waals surface area (Å²) in [6.45, 7) is 4.44. The molecule has 2 aromatic heterocycles. The number of nitrogens with one attached hydrogen (secondary N) is 1. The van der Waals surface area contributed by atoms with E-state index in [1.165, 1.54) is 0 Å². The van der Waals surface area contributed by atoms with Gasteiger partial charge in [0.05, 0.1) is 18.2 Å². The maximum atomic E-state index is 12.5. The van der Waals surface area contributed by atoms with Crippen molar-refractivity contribution in [1.82, 2.24) is 25.3 Å². The summed E-state index contributed by atoms with van der Waals surface area (Å²) >= 11 is 6.01. The lowest BCUT2D eigenvalue weighted by molar-refractivity contribution is -0.125. The fourth-order valence-electron chi connectivity index (χ4n) is 3.33. The molecule has 27 heavy (non-hydrogen) atoms. The van der Waals surface area contributed by atoms with E-state index >= 15 is 0 Å². The van der Waals surface area contributed by atoms with Gasteiger partial charge >= 0.3 is 0 Å². The van der Waals surface area contributed by atoms with Crippen LogP contribution in [0.3, 0.4) is 0 Å². The zero-order valence-corrected chi connectivity index (χ0v) is 15.8. The van der Waals surface area contributed by atoms with Gasteiger partial charge in [-0.3, -0.25) is 9.48 Å². The molecule has 0 aliphatic carbocycles. The van der Waals surface area contributed by atoms with Gasteiger partial charge in [0.25, 0.3) is 6.01 Å². The predicted octanol–water partition coefficient (Wildman–Crippen LogP) is 2.41. The highest BCUT2D eigenvalue weighted by Crippen LogP contribution is 2.27. The molecule has 3 heterocycles. The highest BCUT2D eigenvalue weighted by molar-refractivity contribution is 6.31. The lowest BCUT2D eigenvalue weighted by atomic mass is 9.97. The summed E-state index contributed by atoms with van der Waals surface area (Å²) in [5.74, 6) is -0.0366. The Labute approximate surface area is 161 Å². The lowest BCUT2D eigenvalue weighted by Crippen LogP contribution is -2.43. The second-order valence-corrected chi connectivity index (χ2v) is 7.24. The van der Waals surface area contributed by atoms with Crippen LogP contribution in [0.5, 0.6) is 0 Å². The largest absolute Gasteiger partial charge is 0.423 e. The first-order valence-corrected chi connectivity index (χ1v) is 9.42. The number of rotatable bonds is 5. The highest BCUT2D eigenvalue weighted by atomic mass is 35.5. The molecule has 4 rings (SSSR count). The van der Waals surface area contributed by atoms with Crippen molar-refractivity contribution in [3.8, 4) is 0 Å². The number of carbonyl (C=O) groups excluding carboxylic acids is 1. The van der Waals surface area contributed by atoms with Gasteiger partial charge < -0.3 is 14.6 Å². The van der Waals surface area contributed by atoms with Crippen molar-refractivity contribution in [1.29, 1.82) is 0 Å². The Hall–Kier alpha value is -2.61. The van der Waals surface area contributed by atoms with Crippen LogP contribution in [0, 0.1) is 12.8 Å². The minimum atomic E-state index is -0.0881. The number of hydrogen-bond acceptors (Lipinski definition) is 6. The number of aromatic nitrogens is 4. The van der Waals surface area contributed by atoms with Gasteiger partial charge in [0.2, 0.25) is 5.91 Å². The molecule has 0 spiro atoms. The van der Waals surface area contributed by atoms with Crippen LogP contribution in [0.4, 0.5) is 6.01 Å². The summed E-state index contributed by atoms with van der Waals surface area (Å²) in [4.78, 5) is 19.1. The summed E-state index contributed by atoms with van der Waals surface area (Å²) in [7, 11) is 0. The summed E-state index contributed by atoms with van der Waals surface area (Å²) < 4.78 is 7.57. The van der Waals surface area contributed by atoms with E-state index < -0.39 is 0 Å². The number of halogens is 1. The van der Waals surface area contributed by atoms with E-state index in [1.54, 1.807) is 16.8 Å². The Balaban J connectivity index is 1.35. The molecule has 1 aliphatic heterocycles. The zero-order chi connectivity index (χ0) is 18.8. The van der Waals surface area contributed by atoms with Crippen LogP contribution < -0.4 is 10.2 Å². The molecule has 1 fully saturated rings. The average Bonchev–Trinajstić information content (AvgIpc) is 3.27. The molecule has 1 amide bonds. The highest BCUT2D eigenvalue weighted by Gasteiger charge is 2.28. The number of aryl methyl sites for hydroxylation is 1. The number of piperidine rings is 1. The Morgan fingerprint density at radius 3 is 3.15 bits per heavy atom. The first-order chi connectivity index (χ1) is 13.1. The van der Waals surface area contributed by atoms with Crippen molar-refractivity contribution in [3.63, 3.8) is 0 Å². The van der Waals surface area contributed by atoms with Gasteiger partial charge in [-0.15, -0.1) is 5.10 Å². The van der Waals surface area contributed by atoms with Gasteiger partial charge in [-0.05, 0) is 38.0 Å². The van der Waals surface area contributed by atoms with Crippen LogP contribution in [-0.4, -0.2) is 45.5 Å². The molecule has 9 heteroatoms. The number of fused-ring (bicyclic) bond motifs is 1. The molecule has 1 N–H and O–H groups in total. The van der Waals surface area contributed by atoms with Crippen molar-refractivity contribution in [2.45, 2.75) is 26.3 Å². The van der Waals surface area contributed by atoms with Crippen molar-refractivity contribution in [2.75, 3.05) is 24.5 Å². The number of hydrogen-bond donors (Lipinski definition) is 1. The third-order valence-electron chi connectivity index (χ3n) is 4.69. The SMILES string of the molecule is Cc1cn(CCNC(=O)C2CCCN(c3nc4cc(Cl)ccc4o3)C2)nn1. The standard InChI is InChI=1S/C18H21ClN6O2/c1-12-10-25(23-22-12)8-6-20-17(26)13-3-2-7-24(11-13)18-21-15-9-14(19)4-5-16(15)27-18/h4-5,9-10,13H,2-3,6-8,11H2,1H3,(H,20,26). The fourth-order valence-corrected chi connectivity index (χ4v) is 3.50. The molecule has 1 unspecified atom stereocenters. The molecule has 0 bridgehead atoms. The Morgan fingerprint density at radius 1 is 1.44 bits per heavy atom. The smallest absolute Gasteiger partial charge is 0.298 e. The van der Waals surface area contributed by atoms with E-state index in [0.717, 1.165) is 30.6 Å². The van der Waals surface area contributed by atoms with Gasteiger partial charge in [-0.1, -0.05) is 16.8 Å². The number of carbonyl (C=O) groups is 1. The third-order valence-corrected chi connectivity index (χ3v) is 4.93. The molecule has 0 radical (unpaired) electrons. The van der Waals surface area contributed by atoms with Crippen molar-refractivity contribution in [2.24, 2.45) is 5.92 Å². The van der Waals surface area contributed by atoms with Crippen molar-refractivity contribution in [3.05, 3.63) is 35.1 Å². The number of oxazole rings is 1. The van der Waals surface area contributed by atoms with Crippen LogP contribution in [0.25, 0.3) is 11.1 Å². The fraction of sp³-hybridized carbons (Fsp3) is 0.444. The van der Waals surface area contributed by atoms with E-state index in [9.17, 15) is 4.79 Å². The van der Waals surface area contributed by atoms with Gasteiger partial charge in [-0.2, -0.15) is 4.98 Å². The molecule has 0 saturated carbocycles. The Kier molecular flexibility index (Phi) is 4.98. The van der Waals surface area contributed by atoms with Crippen LogP contribution in [0.1, 0.15) is 18.5 Å². The molecule has 1 saturated heterocycles. The van der Waals surface area contributed by atoms with E-state index in [4.69, 9.17) is 16.0 Å². The third kappa shape index (κ3) is 4.05. The lowest BCUT2D eigenvalue weighted by Gasteiger charge is -2.30. The van der Waals surface area contributed by atoms with Gasteiger partial charge in [0.15, 0.2) is 5.58 Å². The topological polar surface area (TPSA) is 89.1 Å². The molecule has 3 aromatic rings. The monoisotopic (exact) mass is 388 g/mol. The van der Waals surface area contributed by atoms with Gasteiger partial charge in [0.1, 0.15) is 5.52 Å². The quantitative estimate of drug-likeness (QED) is 0.722. The summed E-state index contributed by atoms with van der Waals surface area (Å²) in [5.41, 5.74) is 2.29. The summed E-state index contributed by atoms with van der Waals surface area (Å²) in [5, 5.41) is 11.5. The Bertz CT molecular complexity index is 952. The van der Waals surface area contributed by atoms with Crippen LogP contribution in [0.2, 0.25) is 5.02 Å².